The number of aromatic nitrogens is 2. The third-order valence-corrected chi connectivity index (χ3v) is 6.90. The molecule has 1 aliphatic heterocycles. The monoisotopic (exact) mass is 448 g/mol. The molecule has 0 spiro atoms. The van der Waals surface area contributed by atoms with Crippen LogP contribution >= 0.6 is 0 Å². The van der Waals surface area contributed by atoms with Gasteiger partial charge in [0.2, 0.25) is 11.9 Å². The van der Waals surface area contributed by atoms with Crippen molar-refractivity contribution in [1.82, 2.24) is 14.9 Å². The number of anilines is 1. The van der Waals surface area contributed by atoms with Crippen molar-refractivity contribution in [3.63, 3.8) is 0 Å². The zero-order chi connectivity index (χ0) is 22.8. The van der Waals surface area contributed by atoms with Crippen molar-refractivity contribution in [3.8, 4) is 16.9 Å². The molecule has 33 heavy (non-hydrogen) atoms. The first-order valence-electron chi connectivity index (χ1n) is 11.8. The van der Waals surface area contributed by atoms with Crippen molar-refractivity contribution in [3.05, 3.63) is 48.4 Å². The summed E-state index contributed by atoms with van der Waals surface area (Å²) >= 11 is 0. The van der Waals surface area contributed by atoms with E-state index in [0.717, 1.165) is 73.6 Å². The van der Waals surface area contributed by atoms with Crippen LogP contribution in [0.25, 0.3) is 22.0 Å². The largest absolute Gasteiger partial charge is 0.494 e. The number of hydrogen-bond donors (Lipinski definition) is 1. The number of hydrogen-bond acceptors (Lipinski definition) is 5. The van der Waals surface area contributed by atoms with Crippen LogP contribution in [0.3, 0.4) is 0 Å². The van der Waals surface area contributed by atoms with Gasteiger partial charge < -0.3 is 15.0 Å². The lowest BCUT2D eigenvalue weighted by Gasteiger charge is -2.30. The van der Waals surface area contributed by atoms with E-state index in [0.29, 0.717) is 11.9 Å². The second-order valence-electron chi connectivity index (χ2n) is 9.01. The maximum Gasteiger partial charge on any atom is 0.225 e. The van der Waals surface area contributed by atoms with Gasteiger partial charge in [-0.25, -0.2) is 14.4 Å². The van der Waals surface area contributed by atoms with Crippen molar-refractivity contribution < 1.29 is 13.9 Å². The maximum atomic E-state index is 14.3. The molecule has 1 saturated heterocycles. The Labute approximate surface area is 193 Å². The van der Waals surface area contributed by atoms with E-state index in [9.17, 15) is 9.18 Å². The topological polar surface area (TPSA) is 67.3 Å². The molecule has 5 rings (SSSR count). The van der Waals surface area contributed by atoms with Gasteiger partial charge in [-0.1, -0.05) is 24.3 Å². The zero-order valence-electron chi connectivity index (χ0n) is 18.9. The van der Waals surface area contributed by atoms with Crippen LogP contribution in [0, 0.1) is 11.7 Å². The molecule has 1 aromatic heterocycles. The van der Waals surface area contributed by atoms with E-state index in [1.807, 2.05) is 29.2 Å². The minimum absolute atomic E-state index is 0.148. The van der Waals surface area contributed by atoms with Crippen LogP contribution in [0.5, 0.6) is 5.75 Å². The van der Waals surface area contributed by atoms with E-state index in [4.69, 9.17) is 9.72 Å². The van der Waals surface area contributed by atoms with Crippen molar-refractivity contribution in [1.29, 1.82) is 0 Å². The summed E-state index contributed by atoms with van der Waals surface area (Å²) in [7, 11) is 1.46. The second-order valence-corrected chi connectivity index (χ2v) is 9.01. The number of nitrogens with one attached hydrogen (secondary N) is 1. The number of nitrogens with zero attached hydrogens (tertiary/aromatic N) is 3. The lowest BCUT2D eigenvalue weighted by Crippen LogP contribution is -2.37. The fraction of sp³-hybridized carbons (Fsp3) is 0.423. The molecular formula is C26H29FN4O2. The van der Waals surface area contributed by atoms with Crippen LogP contribution in [-0.4, -0.2) is 47.0 Å². The first-order valence-corrected chi connectivity index (χ1v) is 11.8. The van der Waals surface area contributed by atoms with E-state index in [1.165, 1.54) is 13.2 Å². The van der Waals surface area contributed by atoms with Crippen molar-refractivity contribution >= 4 is 22.8 Å². The van der Waals surface area contributed by atoms with E-state index in [1.54, 1.807) is 12.3 Å². The molecule has 2 aromatic carbocycles. The SMILES string of the molecule is COc1ccc(-c2cccc3cnc(NC4CCC(C(=O)N5CCCC5)CC4)nc23)cc1F. The van der Waals surface area contributed by atoms with Crippen molar-refractivity contribution in [2.45, 2.75) is 44.6 Å². The van der Waals surface area contributed by atoms with Crippen LogP contribution in [0.15, 0.2) is 42.6 Å². The van der Waals surface area contributed by atoms with Gasteiger partial charge in [0.25, 0.3) is 0 Å². The molecule has 0 unspecified atom stereocenters. The standard InChI is InChI=1S/C26H29FN4O2/c1-33-23-12-9-18(15-22(23)27)21-6-4-5-19-16-28-26(30-24(19)21)29-20-10-7-17(8-11-20)25(32)31-13-2-3-14-31/h4-6,9,12,15-17,20H,2-3,7-8,10-11,13-14H2,1H3,(H,28,29,30). The molecule has 1 amide bonds. The maximum absolute atomic E-state index is 14.3. The number of para-hydroxylation sites is 1. The highest BCUT2D eigenvalue weighted by Crippen LogP contribution is 2.32. The van der Waals surface area contributed by atoms with Gasteiger partial charge >= 0.3 is 0 Å². The Morgan fingerprint density at radius 1 is 1.12 bits per heavy atom. The van der Waals surface area contributed by atoms with Crippen molar-refractivity contribution in [2.24, 2.45) is 5.92 Å². The Kier molecular flexibility index (Phi) is 6.11. The van der Waals surface area contributed by atoms with Crippen LogP contribution in [0.1, 0.15) is 38.5 Å². The molecule has 1 saturated carbocycles. The van der Waals surface area contributed by atoms with E-state index < -0.39 is 5.82 Å². The third kappa shape index (κ3) is 4.49. The molecule has 2 fully saturated rings. The summed E-state index contributed by atoms with van der Waals surface area (Å²) in [5, 5.41) is 4.37. The lowest BCUT2D eigenvalue weighted by molar-refractivity contribution is -0.135. The van der Waals surface area contributed by atoms with Gasteiger partial charge in [0, 0.05) is 42.2 Å². The number of rotatable bonds is 5. The predicted octanol–water partition coefficient (Wildman–Crippen LogP) is 5.04. The van der Waals surface area contributed by atoms with Crippen LogP contribution in [-0.2, 0) is 4.79 Å². The average Bonchev–Trinajstić information content (AvgIpc) is 3.39. The number of ether oxygens (including phenoxy) is 1. The Balaban J connectivity index is 1.31. The zero-order valence-corrected chi connectivity index (χ0v) is 18.9. The number of benzene rings is 2. The number of carbonyl (C=O) groups excluding carboxylic acids is 1. The first-order chi connectivity index (χ1) is 16.1. The van der Waals surface area contributed by atoms with Gasteiger partial charge in [0.1, 0.15) is 0 Å². The first kappa shape index (κ1) is 21.6. The highest BCUT2D eigenvalue weighted by Gasteiger charge is 2.30. The molecule has 6 nitrogen and oxygen atoms in total. The Bertz CT molecular complexity index is 1150. The lowest BCUT2D eigenvalue weighted by atomic mass is 9.85. The summed E-state index contributed by atoms with van der Waals surface area (Å²) in [4.78, 5) is 24.0. The molecule has 7 heteroatoms. The smallest absolute Gasteiger partial charge is 0.225 e. The number of methoxy groups -OCH3 is 1. The fourth-order valence-corrected chi connectivity index (χ4v) is 5.06. The van der Waals surface area contributed by atoms with Gasteiger partial charge in [-0.15, -0.1) is 0 Å². The summed E-state index contributed by atoms with van der Waals surface area (Å²) in [6, 6.07) is 11.0. The molecule has 0 bridgehead atoms. The number of halogens is 1. The number of amides is 1. The van der Waals surface area contributed by atoms with E-state index >= 15 is 0 Å². The van der Waals surface area contributed by atoms with Gasteiger partial charge in [0.05, 0.1) is 12.6 Å². The van der Waals surface area contributed by atoms with Crippen LogP contribution in [0.2, 0.25) is 0 Å². The Morgan fingerprint density at radius 3 is 2.64 bits per heavy atom. The van der Waals surface area contributed by atoms with Crippen LogP contribution in [0.4, 0.5) is 10.3 Å². The second kappa shape index (κ2) is 9.33. The van der Waals surface area contributed by atoms with Crippen LogP contribution < -0.4 is 10.1 Å². The van der Waals surface area contributed by atoms with Gasteiger partial charge in [-0.3, -0.25) is 4.79 Å². The highest BCUT2D eigenvalue weighted by atomic mass is 19.1. The average molecular weight is 449 g/mol. The molecule has 1 N–H and O–H groups in total. The summed E-state index contributed by atoms with van der Waals surface area (Å²) < 4.78 is 19.4. The van der Waals surface area contributed by atoms with Gasteiger partial charge in [-0.05, 0) is 56.2 Å². The molecule has 1 aliphatic carbocycles. The molecule has 3 aromatic rings. The van der Waals surface area contributed by atoms with E-state index in [-0.39, 0.29) is 17.7 Å². The molecule has 2 heterocycles. The number of carbonyl (C=O) groups is 1. The normalized spacial score (nSPS) is 20.7. The summed E-state index contributed by atoms with van der Waals surface area (Å²) in [5.74, 6) is 0.868. The third-order valence-electron chi connectivity index (χ3n) is 6.90. The van der Waals surface area contributed by atoms with Gasteiger partial charge in [-0.2, -0.15) is 0 Å². The number of likely N-dealkylation sites (tertiary alicyclic amines) is 1. The Morgan fingerprint density at radius 2 is 1.91 bits per heavy atom. The van der Waals surface area contributed by atoms with E-state index in [2.05, 4.69) is 10.3 Å². The quantitative estimate of drug-likeness (QED) is 0.592. The highest BCUT2D eigenvalue weighted by molar-refractivity contribution is 5.93. The molecular weight excluding hydrogens is 419 g/mol. The molecule has 0 radical (unpaired) electrons. The predicted molar refractivity (Wildman–Crippen MR) is 127 cm³/mol. The van der Waals surface area contributed by atoms with Crippen molar-refractivity contribution in [2.75, 3.05) is 25.5 Å². The molecule has 172 valence electrons. The summed E-state index contributed by atoms with van der Waals surface area (Å²) in [6.07, 6.45) is 7.72. The van der Waals surface area contributed by atoms with Gasteiger partial charge in [0.15, 0.2) is 11.6 Å². The molecule has 0 atom stereocenters. The summed E-state index contributed by atoms with van der Waals surface area (Å²) in [6.45, 7) is 1.84. The fourth-order valence-electron chi connectivity index (χ4n) is 5.06. The molecule has 2 aliphatic rings. The summed E-state index contributed by atoms with van der Waals surface area (Å²) in [5.41, 5.74) is 2.36. The Hall–Kier alpha value is -3.22. The minimum atomic E-state index is -0.403. The number of fused-ring (bicyclic) bond motifs is 1. The minimum Gasteiger partial charge on any atom is -0.494 e.